The lowest BCUT2D eigenvalue weighted by atomic mass is 10.0. The van der Waals surface area contributed by atoms with Crippen LogP contribution in [0.1, 0.15) is 21.5 Å². The summed E-state index contributed by atoms with van der Waals surface area (Å²) in [5.74, 6) is -2.57. The first-order valence-electron chi connectivity index (χ1n) is 12.1. The maximum absolute atomic E-state index is 13.9. The van der Waals surface area contributed by atoms with Gasteiger partial charge in [-0.25, -0.2) is 13.6 Å². The van der Waals surface area contributed by atoms with E-state index in [-0.39, 0.29) is 11.5 Å². The number of ether oxygens (including phenoxy) is 1. The Balaban J connectivity index is 1.57. The molecule has 1 aliphatic heterocycles. The predicted octanol–water partition coefficient (Wildman–Crippen LogP) is 5.71. The van der Waals surface area contributed by atoms with Crippen molar-refractivity contribution < 1.29 is 28.2 Å². The lowest BCUT2D eigenvalue weighted by molar-refractivity contribution is -0.122. The SMILES string of the molecule is CN(C)CCOc1ccc(-c2ccc(F)c(F)c2)cc1C=C1SC(=S)N(CCc2ccc(C(=O)O)cc2)C1=O. The molecule has 1 amide bonds. The van der Waals surface area contributed by atoms with Crippen LogP contribution in [-0.2, 0) is 11.2 Å². The zero-order valence-electron chi connectivity index (χ0n) is 21.3. The zero-order valence-corrected chi connectivity index (χ0v) is 23.0. The number of thioether (sulfide) groups is 1. The Morgan fingerprint density at radius 1 is 1.05 bits per heavy atom. The maximum Gasteiger partial charge on any atom is 0.335 e. The average molecular weight is 569 g/mol. The van der Waals surface area contributed by atoms with E-state index in [4.69, 9.17) is 22.1 Å². The van der Waals surface area contributed by atoms with Gasteiger partial charge in [-0.05, 0) is 79.7 Å². The van der Waals surface area contributed by atoms with Gasteiger partial charge >= 0.3 is 5.97 Å². The van der Waals surface area contributed by atoms with Crippen LogP contribution in [0.4, 0.5) is 8.78 Å². The van der Waals surface area contributed by atoms with E-state index in [0.29, 0.717) is 57.8 Å². The summed E-state index contributed by atoms with van der Waals surface area (Å²) in [5.41, 5.74) is 2.82. The second-order valence-electron chi connectivity index (χ2n) is 9.12. The molecule has 1 aliphatic rings. The summed E-state index contributed by atoms with van der Waals surface area (Å²) < 4.78 is 33.8. The Morgan fingerprint density at radius 2 is 1.74 bits per heavy atom. The fourth-order valence-electron chi connectivity index (χ4n) is 3.88. The number of halogens is 2. The highest BCUT2D eigenvalue weighted by Crippen LogP contribution is 2.36. The summed E-state index contributed by atoms with van der Waals surface area (Å²) in [5, 5.41) is 9.07. The van der Waals surface area contributed by atoms with Crippen molar-refractivity contribution in [3.8, 4) is 16.9 Å². The zero-order chi connectivity index (χ0) is 28.1. The Labute approximate surface area is 234 Å². The molecule has 0 aliphatic carbocycles. The van der Waals surface area contributed by atoms with Crippen LogP contribution >= 0.6 is 24.0 Å². The van der Waals surface area contributed by atoms with Gasteiger partial charge in [0.05, 0.1) is 10.5 Å². The molecule has 202 valence electrons. The first-order chi connectivity index (χ1) is 18.6. The van der Waals surface area contributed by atoms with E-state index in [1.807, 2.05) is 19.0 Å². The highest BCUT2D eigenvalue weighted by Gasteiger charge is 2.32. The molecule has 1 heterocycles. The standard InChI is InChI=1S/C29H26F2N2O4S2/c1-32(2)13-14-37-25-10-8-20(21-7-9-23(30)24(31)16-21)15-22(25)17-26-27(34)33(29(38)39-26)12-11-18-3-5-19(6-4-18)28(35)36/h3-10,15-17H,11-14H2,1-2H3,(H,35,36). The molecule has 0 radical (unpaired) electrons. The van der Waals surface area contributed by atoms with Crippen molar-refractivity contribution in [3.63, 3.8) is 0 Å². The largest absolute Gasteiger partial charge is 0.492 e. The molecule has 3 aromatic rings. The van der Waals surface area contributed by atoms with Crippen molar-refractivity contribution in [1.29, 1.82) is 0 Å². The van der Waals surface area contributed by atoms with Gasteiger partial charge in [-0.15, -0.1) is 0 Å². The molecule has 1 fully saturated rings. The molecule has 3 aromatic carbocycles. The molecule has 6 nitrogen and oxygen atoms in total. The summed E-state index contributed by atoms with van der Waals surface area (Å²) in [6.07, 6.45) is 2.21. The molecule has 0 spiro atoms. The van der Waals surface area contributed by atoms with Crippen LogP contribution in [0.25, 0.3) is 17.2 Å². The van der Waals surface area contributed by atoms with Crippen molar-refractivity contribution >= 4 is 46.3 Å². The Bertz CT molecular complexity index is 1440. The van der Waals surface area contributed by atoms with Crippen LogP contribution in [-0.4, -0.2) is 64.9 Å². The van der Waals surface area contributed by atoms with Crippen LogP contribution in [0.3, 0.4) is 0 Å². The number of hydrogen-bond acceptors (Lipinski definition) is 6. The minimum Gasteiger partial charge on any atom is -0.492 e. The monoisotopic (exact) mass is 568 g/mol. The Kier molecular flexibility index (Phi) is 9.11. The predicted molar refractivity (Wildman–Crippen MR) is 153 cm³/mol. The van der Waals surface area contributed by atoms with E-state index in [0.717, 1.165) is 17.7 Å². The molecule has 1 N–H and O–H groups in total. The first-order valence-corrected chi connectivity index (χ1v) is 13.3. The topological polar surface area (TPSA) is 70.1 Å². The summed E-state index contributed by atoms with van der Waals surface area (Å²) in [6.45, 7) is 1.44. The van der Waals surface area contributed by atoms with E-state index in [1.165, 1.54) is 34.9 Å². The fraction of sp³-hybridized carbons (Fsp3) is 0.207. The number of amides is 1. The molecular formula is C29H26F2N2O4S2. The Hall–Kier alpha value is -3.60. The summed E-state index contributed by atoms with van der Waals surface area (Å²) >= 11 is 6.66. The van der Waals surface area contributed by atoms with E-state index >= 15 is 0 Å². The second kappa shape index (κ2) is 12.5. The van der Waals surface area contributed by atoms with Gasteiger partial charge in [0.1, 0.15) is 16.7 Å². The quantitative estimate of drug-likeness (QED) is 0.248. The third-order valence-electron chi connectivity index (χ3n) is 6.04. The molecule has 0 aromatic heterocycles. The molecule has 39 heavy (non-hydrogen) atoms. The average Bonchev–Trinajstić information content (AvgIpc) is 3.16. The van der Waals surface area contributed by atoms with Crippen LogP contribution in [0.2, 0.25) is 0 Å². The number of hydrogen-bond donors (Lipinski definition) is 1. The van der Waals surface area contributed by atoms with Crippen LogP contribution < -0.4 is 4.74 Å². The fourth-order valence-corrected chi connectivity index (χ4v) is 5.17. The number of likely N-dealkylation sites (N-methyl/N-ethyl adjacent to an activating group) is 1. The van der Waals surface area contributed by atoms with E-state index < -0.39 is 17.6 Å². The van der Waals surface area contributed by atoms with Gasteiger partial charge in [-0.3, -0.25) is 9.69 Å². The third kappa shape index (κ3) is 7.08. The number of rotatable bonds is 10. The molecule has 4 rings (SSSR count). The van der Waals surface area contributed by atoms with Crippen LogP contribution in [0.15, 0.2) is 65.6 Å². The normalized spacial score (nSPS) is 14.5. The number of carbonyl (C=O) groups excluding carboxylic acids is 1. The lowest BCUT2D eigenvalue weighted by Crippen LogP contribution is -2.30. The summed E-state index contributed by atoms with van der Waals surface area (Å²) in [4.78, 5) is 28.3. The smallest absolute Gasteiger partial charge is 0.335 e. The van der Waals surface area contributed by atoms with Crippen molar-refractivity contribution in [2.75, 3.05) is 33.8 Å². The molecule has 0 atom stereocenters. The van der Waals surface area contributed by atoms with Gasteiger partial charge in [0.15, 0.2) is 11.6 Å². The number of thiocarbonyl (C=S) groups is 1. The van der Waals surface area contributed by atoms with Crippen molar-refractivity contribution in [3.05, 3.63) is 93.9 Å². The maximum atomic E-state index is 13.9. The number of nitrogens with zero attached hydrogens (tertiary/aromatic N) is 2. The van der Waals surface area contributed by atoms with Crippen molar-refractivity contribution in [2.24, 2.45) is 0 Å². The van der Waals surface area contributed by atoms with Gasteiger partial charge < -0.3 is 14.7 Å². The molecule has 0 unspecified atom stereocenters. The Morgan fingerprint density at radius 3 is 2.41 bits per heavy atom. The second-order valence-corrected chi connectivity index (χ2v) is 10.8. The highest BCUT2D eigenvalue weighted by molar-refractivity contribution is 8.26. The van der Waals surface area contributed by atoms with Gasteiger partial charge in [-0.1, -0.05) is 48.2 Å². The van der Waals surface area contributed by atoms with Crippen LogP contribution in [0, 0.1) is 11.6 Å². The highest BCUT2D eigenvalue weighted by atomic mass is 32.2. The van der Waals surface area contributed by atoms with E-state index in [1.54, 1.807) is 36.4 Å². The summed E-state index contributed by atoms with van der Waals surface area (Å²) in [6, 6.07) is 15.5. The summed E-state index contributed by atoms with van der Waals surface area (Å²) in [7, 11) is 3.87. The first kappa shape index (κ1) is 28.4. The van der Waals surface area contributed by atoms with Crippen molar-refractivity contribution in [2.45, 2.75) is 6.42 Å². The molecule has 0 bridgehead atoms. The molecular weight excluding hydrogens is 542 g/mol. The molecule has 1 saturated heterocycles. The minimum absolute atomic E-state index is 0.196. The van der Waals surface area contributed by atoms with Gasteiger partial charge in [0.2, 0.25) is 0 Å². The number of carboxylic acid groups (broad SMARTS) is 1. The van der Waals surface area contributed by atoms with Gasteiger partial charge in [0.25, 0.3) is 5.91 Å². The number of carboxylic acids is 1. The van der Waals surface area contributed by atoms with Crippen molar-refractivity contribution in [1.82, 2.24) is 9.80 Å². The van der Waals surface area contributed by atoms with Gasteiger partial charge in [0, 0.05) is 18.7 Å². The lowest BCUT2D eigenvalue weighted by Gasteiger charge is -2.15. The number of aromatic carboxylic acids is 1. The number of carbonyl (C=O) groups is 2. The molecule has 10 heteroatoms. The van der Waals surface area contributed by atoms with E-state index in [2.05, 4.69) is 0 Å². The van der Waals surface area contributed by atoms with E-state index in [9.17, 15) is 18.4 Å². The van der Waals surface area contributed by atoms with Gasteiger partial charge in [-0.2, -0.15) is 0 Å². The van der Waals surface area contributed by atoms with Crippen LogP contribution in [0.5, 0.6) is 5.75 Å². The number of benzene rings is 3. The minimum atomic E-state index is -0.998. The third-order valence-corrected chi connectivity index (χ3v) is 7.42. The molecule has 0 saturated carbocycles.